The molecule has 0 spiro atoms. The Kier molecular flexibility index (Phi) is 4.97. The van der Waals surface area contributed by atoms with Crippen molar-refractivity contribution >= 4 is 11.9 Å². The number of nitrogens with one attached hydrogen (secondary N) is 1. The zero-order chi connectivity index (χ0) is 10.4. The molecule has 0 aromatic rings. The average molecular weight is 178 g/mol. The van der Waals surface area contributed by atoms with Gasteiger partial charge in [0.1, 0.15) is 0 Å². The maximum atomic E-state index is 7.21. The van der Waals surface area contributed by atoms with E-state index < -0.39 is 0 Å². The zero-order valence-corrected chi connectivity index (χ0v) is 8.94. The monoisotopic (exact) mass is 178 g/mol. The predicted molar refractivity (Wildman–Crippen MR) is 59.7 cm³/mol. The van der Waals surface area contributed by atoms with Crippen LogP contribution in [0.3, 0.4) is 0 Å². The molecule has 2 nitrogen and oxygen atoms in total. The molecule has 0 aliphatic carbocycles. The summed E-state index contributed by atoms with van der Waals surface area (Å²) in [7, 11) is 0. The first kappa shape index (κ1) is 11.8. The normalized spacial score (nSPS) is 13.7. The number of rotatable bonds is 4. The third-order valence-corrected chi connectivity index (χ3v) is 2.01. The lowest BCUT2D eigenvalue weighted by molar-refractivity contribution is 1.07. The largest absolute Gasteiger partial charge is 0.307 e. The van der Waals surface area contributed by atoms with Gasteiger partial charge in [0.05, 0.1) is 5.70 Å². The van der Waals surface area contributed by atoms with Gasteiger partial charge in [-0.05, 0) is 38.3 Å². The van der Waals surface area contributed by atoms with Crippen molar-refractivity contribution in [3.8, 4) is 0 Å². The van der Waals surface area contributed by atoms with Crippen molar-refractivity contribution in [2.75, 3.05) is 0 Å². The fourth-order valence-corrected chi connectivity index (χ4v) is 0.708. The number of allylic oxidation sites excluding steroid dienone is 3. The maximum Gasteiger partial charge on any atom is 0.0797 e. The van der Waals surface area contributed by atoms with Crippen LogP contribution in [0.15, 0.2) is 28.4 Å². The van der Waals surface area contributed by atoms with Gasteiger partial charge in [0, 0.05) is 11.9 Å². The predicted octanol–water partition coefficient (Wildman–Crippen LogP) is 3.36. The fraction of sp³-hybridized carbons (Fsp3) is 0.455. The minimum atomic E-state index is 0.753. The molecule has 2 heteroatoms. The molecular weight excluding hydrogens is 160 g/mol. The standard InChI is InChI=1S/C11H18N2/c1-6-9(4)11(7-12)13-10(5)8(2)3/h7,12H,2,6H2,1,3-5H3/b11-9+,12-7?,13-10?. The zero-order valence-electron chi connectivity index (χ0n) is 8.94. The second kappa shape index (κ2) is 5.46. The summed E-state index contributed by atoms with van der Waals surface area (Å²) < 4.78 is 0. The van der Waals surface area contributed by atoms with Crippen LogP contribution in [0.4, 0.5) is 0 Å². The first-order chi connectivity index (χ1) is 6.02. The Hall–Kier alpha value is -1.18. The highest BCUT2D eigenvalue weighted by Crippen LogP contribution is 2.08. The van der Waals surface area contributed by atoms with Crippen molar-refractivity contribution in [2.45, 2.75) is 34.1 Å². The quantitative estimate of drug-likeness (QED) is 0.641. The van der Waals surface area contributed by atoms with Crippen molar-refractivity contribution in [2.24, 2.45) is 4.99 Å². The van der Waals surface area contributed by atoms with Crippen LogP contribution in [0.2, 0.25) is 0 Å². The molecule has 0 heterocycles. The number of aliphatic imine (C=N–C) groups is 1. The van der Waals surface area contributed by atoms with E-state index in [2.05, 4.69) is 18.5 Å². The highest BCUT2D eigenvalue weighted by Gasteiger charge is 1.97. The van der Waals surface area contributed by atoms with E-state index in [0.717, 1.165) is 29.0 Å². The smallest absolute Gasteiger partial charge is 0.0797 e. The van der Waals surface area contributed by atoms with Crippen LogP contribution in [0, 0.1) is 5.41 Å². The van der Waals surface area contributed by atoms with Crippen LogP contribution in [-0.4, -0.2) is 11.9 Å². The fourth-order valence-electron chi connectivity index (χ4n) is 0.708. The molecule has 0 aliphatic rings. The Labute approximate surface area is 80.6 Å². The van der Waals surface area contributed by atoms with E-state index in [-0.39, 0.29) is 0 Å². The summed E-state index contributed by atoms with van der Waals surface area (Å²) in [6.45, 7) is 11.7. The lowest BCUT2D eigenvalue weighted by atomic mass is 10.2. The Morgan fingerprint density at radius 2 is 1.92 bits per heavy atom. The molecule has 0 aromatic heterocycles. The van der Waals surface area contributed by atoms with Gasteiger partial charge in [0.15, 0.2) is 0 Å². The Bertz CT molecular complexity index is 270. The number of hydrogen-bond acceptors (Lipinski definition) is 2. The van der Waals surface area contributed by atoms with Crippen molar-refractivity contribution in [3.05, 3.63) is 23.4 Å². The molecular formula is C11H18N2. The van der Waals surface area contributed by atoms with Gasteiger partial charge in [-0.3, -0.25) is 4.99 Å². The van der Waals surface area contributed by atoms with Crippen molar-refractivity contribution in [1.82, 2.24) is 0 Å². The number of hydrogen-bond donors (Lipinski definition) is 1. The van der Waals surface area contributed by atoms with Gasteiger partial charge in [-0.1, -0.05) is 13.5 Å². The van der Waals surface area contributed by atoms with Gasteiger partial charge in [-0.15, -0.1) is 0 Å². The van der Waals surface area contributed by atoms with Gasteiger partial charge in [-0.25, -0.2) is 0 Å². The third kappa shape index (κ3) is 3.83. The van der Waals surface area contributed by atoms with Gasteiger partial charge >= 0.3 is 0 Å². The van der Waals surface area contributed by atoms with Crippen LogP contribution in [0.25, 0.3) is 0 Å². The minimum absolute atomic E-state index is 0.753. The van der Waals surface area contributed by atoms with Gasteiger partial charge in [-0.2, -0.15) is 0 Å². The molecule has 72 valence electrons. The molecule has 13 heavy (non-hydrogen) atoms. The molecule has 0 aromatic carbocycles. The van der Waals surface area contributed by atoms with E-state index in [1.165, 1.54) is 6.21 Å². The highest BCUT2D eigenvalue weighted by atomic mass is 14.8. The van der Waals surface area contributed by atoms with Crippen LogP contribution < -0.4 is 0 Å². The van der Waals surface area contributed by atoms with E-state index in [9.17, 15) is 0 Å². The van der Waals surface area contributed by atoms with Gasteiger partial charge in [0.2, 0.25) is 0 Å². The molecule has 0 bridgehead atoms. The molecule has 0 rings (SSSR count). The summed E-state index contributed by atoms with van der Waals surface area (Å²) >= 11 is 0. The highest BCUT2D eigenvalue weighted by molar-refractivity contribution is 5.99. The summed E-state index contributed by atoms with van der Waals surface area (Å²) in [5, 5.41) is 7.21. The molecule has 0 fully saturated rings. The molecule has 0 radical (unpaired) electrons. The number of nitrogens with zero attached hydrogens (tertiary/aromatic N) is 1. The van der Waals surface area contributed by atoms with E-state index in [4.69, 9.17) is 5.41 Å². The minimum Gasteiger partial charge on any atom is -0.307 e. The summed E-state index contributed by atoms with van der Waals surface area (Å²) in [5.74, 6) is 0. The summed E-state index contributed by atoms with van der Waals surface area (Å²) in [4.78, 5) is 4.32. The van der Waals surface area contributed by atoms with E-state index in [0.29, 0.717) is 0 Å². The van der Waals surface area contributed by atoms with Crippen molar-refractivity contribution < 1.29 is 0 Å². The molecule has 0 amide bonds. The van der Waals surface area contributed by atoms with E-state index in [1.807, 2.05) is 20.8 Å². The van der Waals surface area contributed by atoms with Crippen molar-refractivity contribution in [1.29, 1.82) is 5.41 Å². The average Bonchev–Trinajstić information content (AvgIpc) is 2.12. The Morgan fingerprint density at radius 1 is 1.38 bits per heavy atom. The summed E-state index contributed by atoms with van der Waals surface area (Å²) in [6, 6.07) is 0. The molecule has 0 aliphatic heterocycles. The molecule has 1 N–H and O–H groups in total. The van der Waals surface area contributed by atoms with Crippen LogP contribution >= 0.6 is 0 Å². The van der Waals surface area contributed by atoms with E-state index in [1.54, 1.807) is 0 Å². The first-order valence-corrected chi connectivity index (χ1v) is 4.44. The van der Waals surface area contributed by atoms with Crippen LogP contribution in [0.1, 0.15) is 34.1 Å². The molecule has 0 saturated carbocycles. The Balaban J connectivity index is 4.94. The topological polar surface area (TPSA) is 36.2 Å². The molecule has 0 saturated heterocycles. The second-order valence-electron chi connectivity index (χ2n) is 3.14. The first-order valence-electron chi connectivity index (χ1n) is 4.44. The lowest BCUT2D eigenvalue weighted by Gasteiger charge is -2.02. The molecule has 0 unspecified atom stereocenters. The van der Waals surface area contributed by atoms with Crippen LogP contribution in [0.5, 0.6) is 0 Å². The summed E-state index contributed by atoms with van der Waals surface area (Å²) in [6.07, 6.45) is 2.23. The third-order valence-electron chi connectivity index (χ3n) is 2.01. The Morgan fingerprint density at radius 3 is 2.23 bits per heavy atom. The van der Waals surface area contributed by atoms with Crippen LogP contribution in [-0.2, 0) is 0 Å². The maximum absolute atomic E-state index is 7.21. The summed E-state index contributed by atoms with van der Waals surface area (Å²) in [5.41, 5.74) is 3.73. The molecule has 0 atom stereocenters. The lowest BCUT2D eigenvalue weighted by Crippen LogP contribution is -1.95. The SMILES string of the molecule is C=C(C)C(C)=N/C(C=N)=C(\C)CC. The van der Waals surface area contributed by atoms with E-state index >= 15 is 0 Å². The van der Waals surface area contributed by atoms with Crippen molar-refractivity contribution in [3.63, 3.8) is 0 Å². The van der Waals surface area contributed by atoms with Gasteiger partial charge in [0.25, 0.3) is 0 Å². The second-order valence-corrected chi connectivity index (χ2v) is 3.14. The van der Waals surface area contributed by atoms with Gasteiger partial charge < -0.3 is 5.41 Å².